The number of methoxy groups -OCH3 is 1. The smallest absolute Gasteiger partial charge is 0.232 e. The molecule has 2 aliphatic rings. The predicted molar refractivity (Wildman–Crippen MR) is 173 cm³/mol. The lowest BCUT2D eigenvalue weighted by Crippen LogP contribution is -2.41. The van der Waals surface area contributed by atoms with E-state index in [-0.39, 0.29) is 36.4 Å². The van der Waals surface area contributed by atoms with Crippen LogP contribution in [-0.2, 0) is 16.0 Å². The van der Waals surface area contributed by atoms with Gasteiger partial charge in [0.1, 0.15) is 0 Å². The Morgan fingerprint density at radius 3 is 2.23 bits per heavy atom. The first kappa shape index (κ1) is 32.4. The number of halogens is 1. The molecule has 0 aromatic heterocycles. The highest BCUT2D eigenvalue weighted by Gasteiger charge is 2.36. The molecule has 2 unspecified atom stereocenters. The summed E-state index contributed by atoms with van der Waals surface area (Å²) in [6.45, 7) is 10.0. The second-order valence-corrected chi connectivity index (χ2v) is 11.7. The van der Waals surface area contributed by atoms with Gasteiger partial charge in [0.25, 0.3) is 0 Å². The maximum absolute atomic E-state index is 13.7. The molecular formula is C35H44ClN3O4. The Kier molecular flexibility index (Phi) is 11.5. The van der Waals surface area contributed by atoms with Crippen LogP contribution in [-0.4, -0.2) is 38.1 Å². The van der Waals surface area contributed by atoms with E-state index in [4.69, 9.17) is 21.1 Å². The summed E-state index contributed by atoms with van der Waals surface area (Å²) >= 11 is 6.21. The molecule has 7 nitrogen and oxygen atoms in total. The number of nitrogens with zero attached hydrogens (tertiary/aromatic N) is 1. The van der Waals surface area contributed by atoms with Crippen LogP contribution in [0.5, 0.6) is 11.5 Å². The van der Waals surface area contributed by atoms with Crippen molar-refractivity contribution in [2.24, 2.45) is 0 Å². The molecule has 0 radical (unpaired) electrons. The van der Waals surface area contributed by atoms with Crippen LogP contribution in [0, 0.1) is 0 Å². The predicted octanol–water partition coefficient (Wildman–Crippen LogP) is 7.16. The molecule has 5 rings (SSSR count). The number of piperidine rings is 1. The normalized spacial score (nSPS) is 17.6. The SMILES string of the molecule is C1CCNCC1.CC[C@@H](C)Oc1cc2c(cc1OC)CC(=O)N(c1ccc(C(C)NC(C)=O)cc1)C2c1ccc(Cl)cc1. The molecule has 230 valence electrons. The van der Waals surface area contributed by atoms with E-state index in [1.165, 1.54) is 39.3 Å². The van der Waals surface area contributed by atoms with Crippen molar-refractivity contribution >= 4 is 29.1 Å². The summed E-state index contributed by atoms with van der Waals surface area (Å²) in [7, 11) is 1.61. The summed E-state index contributed by atoms with van der Waals surface area (Å²) in [5.74, 6) is 1.16. The zero-order valence-electron chi connectivity index (χ0n) is 25.9. The summed E-state index contributed by atoms with van der Waals surface area (Å²) in [6.07, 6.45) is 5.32. The highest BCUT2D eigenvalue weighted by molar-refractivity contribution is 6.30. The first-order valence-electron chi connectivity index (χ1n) is 15.2. The van der Waals surface area contributed by atoms with Crippen molar-refractivity contribution in [2.75, 3.05) is 25.1 Å². The molecule has 0 saturated carbocycles. The lowest BCUT2D eigenvalue weighted by molar-refractivity contribution is -0.120. The molecule has 1 saturated heterocycles. The monoisotopic (exact) mass is 605 g/mol. The van der Waals surface area contributed by atoms with Crippen molar-refractivity contribution in [3.8, 4) is 11.5 Å². The van der Waals surface area contributed by atoms with Gasteiger partial charge in [-0.15, -0.1) is 0 Å². The number of ether oxygens (including phenoxy) is 2. The topological polar surface area (TPSA) is 79.9 Å². The maximum atomic E-state index is 13.7. The Hall–Kier alpha value is -3.55. The summed E-state index contributed by atoms with van der Waals surface area (Å²) in [5.41, 5.74) is 4.56. The van der Waals surface area contributed by atoms with Crippen LogP contribution < -0.4 is 25.0 Å². The fraction of sp³-hybridized carbons (Fsp3) is 0.429. The van der Waals surface area contributed by atoms with E-state index < -0.39 is 0 Å². The third-order valence-corrected chi connectivity index (χ3v) is 8.23. The fourth-order valence-electron chi connectivity index (χ4n) is 5.49. The molecule has 2 N–H and O–H groups in total. The molecule has 2 aliphatic heterocycles. The lowest BCUT2D eigenvalue weighted by Gasteiger charge is -2.38. The number of hydrogen-bond acceptors (Lipinski definition) is 5. The number of carbonyl (C=O) groups is 2. The lowest BCUT2D eigenvalue weighted by atomic mass is 9.86. The third-order valence-electron chi connectivity index (χ3n) is 7.98. The number of anilines is 1. The number of benzene rings is 3. The second-order valence-electron chi connectivity index (χ2n) is 11.3. The van der Waals surface area contributed by atoms with Crippen molar-refractivity contribution in [3.05, 3.63) is 87.9 Å². The summed E-state index contributed by atoms with van der Waals surface area (Å²) < 4.78 is 11.8. The second kappa shape index (κ2) is 15.3. The molecule has 0 aliphatic carbocycles. The molecule has 3 atom stereocenters. The third kappa shape index (κ3) is 8.30. The van der Waals surface area contributed by atoms with E-state index in [1.807, 2.05) is 79.4 Å². The molecule has 1 fully saturated rings. The Morgan fingerprint density at radius 2 is 1.70 bits per heavy atom. The Morgan fingerprint density at radius 1 is 1.02 bits per heavy atom. The van der Waals surface area contributed by atoms with Crippen LogP contribution in [0.4, 0.5) is 5.69 Å². The minimum atomic E-state index is -0.377. The Balaban J connectivity index is 0.000000628. The van der Waals surface area contributed by atoms with Gasteiger partial charge < -0.3 is 25.0 Å². The van der Waals surface area contributed by atoms with E-state index in [0.29, 0.717) is 16.5 Å². The first-order chi connectivity index (χ1) is 20.7. The first-order valence-corrected chi connectivity index (χ1v) is 15.6. The number of carbonyl (C=O) groups excluding carboxylic acids is 2. The summed E-state index contributed by atoms with van der Waals surface area (Å²) in [4.78, 5) is 27.0. The van der Waals surface area contributed by atoms with E-state index in [1.54, 1.807) is 7.11 Å². The summed E-state index contributed by atoms with van der Waals surface area (Å²) in [5, 5.41) is 6.81. The van der Waals surface area contributed by atoms with Crippen LogP contribution in [0.2, 0.25) is 5.02 Å². The highest BCUT2D eigenvalue weighted by Crippen LogP contribution is 2.44. The van der Waals surface area contributed by atoms with Gasteiger partial charge >= 0.3 is 0 Å². The van der Waals surface area contributed by atoms with Gasteiger partial charge in [-0.25, -0.2) is 0 Å². The van der Waals surface area contributed by atoms with E-state index in [0.717, 1.165) is 34.4 Å². The van der Waals surface area contributed by atoms with E-state index in [9.17, 15) is 9.59 Å². The van der Waals surface area contributed by atoms with Gasteiger partial charge in [0, 0.05) is 17.6 Å². The van der Waals surface area contributed by atoms with Crippen LogP contribution >= 0.6 is 11.6 Å². The zero-order chi connectivity index (χ0) is 30.9. The number of amides is 2. The molecule has 2 heterocycles. The maximum Gasteiger partial charge on any atom is 0.232 e. The van der Waals surface area contributed by atoms with Crippen molar-refractivity contribution < 1.29 is 19.1 Å². The van der Waals surface area contributed by atoms with Gasteiger partial charge in [0.05, 0.1) is 31.7 Å². The van der Waals surface area contributed by atoms with Gasteiger partial charge in [-0.05, 0) is 105 Å². The number of nitrogens with one attached hydrogen (secondary N) is 2. The van der Waals surface area contributed by atoms with Gasteiger partial charge in [-0.1, -0.05) is 49.2 Å². The summed E-state index contributed by atoms with van der Waals surface area (Å²) in [6, 6.07) is 18.8. The molecule has 2 amide bonds. The van der Waals surface area contributed by atoms with E-state index in [2.05, 4.69) is 17.6 Å². The number of fused-ring (bicyclic) bond motifs is 1. The quantitative estimate of drug-likeness (QED) is 0.285. The van der Waals surface area contributed by atoms with Crippen molar-refractivity contribution in [1.29, 1.82) is 0 Å². The molecular weight excluding hydrogens is 562 g/mol. The Bertz CT molecular complexity index is 1360. The van der Waals surface area contributed by atoms with Gasteiger partial charge in [-0.3, -0.25) is 9.59 Å². The average molecular weight is 606 g/mol. The van der Waals surface area contributed by atoms with Crippen LogP contribution in [0.15, 0.2) is 60.7 Å². The van der Waals surface area contributed by atoms with Crippen LogP contribution in [0.1, 0.15) is 87.7 Å². The van der Waals surface area contributed by atoms with Gasteiger partial charge in [0.15, 0.2) is 11.5 Å². The van der Waals surface area contributed by atoms with Gasteiger partial charge in [0.2, 0.25) is 11.8 Å². The minimum absolute atomic E-state index is 0.0143. The van der Waals surface area contributed by atoms with Crippen molar-refractivity contribution in [1.82, 2.24) is 10.6 Å². The van der Waals surface area contributed by atoms with E-state index >= 15 is 0 Å². The van der Waals surface area contributed by atoms with Crippen LogP contribution in [0.3, 0.4) is 0 Å². The Labute approximate surface area is 260 Å². The van der Waals surface area contributed by atoms with Crippen molar-refractivity contribution in [2.45, 2.75) is 78.0 Å². The van der Waals surface area contributed by atoms with Crippen LogP contribution in [0.25, 0.3) is 0 Å². The fourth-order valence-corrected chi connectivity index (χ4v) is 5.61. The number of rotatable bonds is 8. The molecule has 0 bridgehead atoms. The molecule has 0 spiro atoms. The van der Waals surface area contributed by atoms with Gasteiger partial charge in [-0.2, -0.15) is 0 Å². The molecule has 8 heteroatoms. The highest BCUT2D eigenvalue weighted by atomic mass is 35.5. The van der Waals surface area contributed by atoms with Crippen molar-refractivity contribution in [3.63, 3.8) is 0 Å². The zero-order valence-corrected chi connectivity index (χ0v) is 26.7. The standard InChI is InChI=1S/C30H33ClN2O4.C5H11N/c1-6-18(2)37-28-17-26-23(15-27(28)36-5)16-29(35)33(30(26)22-7-11-24(31)12-8-22)25-13-9-21(10-14-25)19(3)32-20(4)34;1-2-4-6-5-3-1/h7-15,17-19,30H,6,16H2,1-5H3,(H,32,34);6H,1-5H2/t18-,19?,30?;/m1./s1. The molecule has 3 aromatic rings. The molecule has 43 heavy (non-hydrogen) atoms. The largest absolute Gasteiger partial charge is 0.493 e. The number of hydrogen-bond donors (Lipinski definition) is 2. The molecule has 3 aromatic carbocycles. The average Bonchev–Trinajstić information content (AvgIpc) is 3.01. The minimum Gasteiger partial charge on any atom is -0.493 e.